The molecule has 2 atom stereocenters. The van der Waals surface area contributed by atoms with Crippen LogP contribution >= 0.6 is 0 Å². The van der Waals surface area contributed by atoms with Crippen LogP contribution < -0.4 is 5.73 Å². The third-order valence-electron chi connectivity index (χ3n) is 3.77. The predicted molar refractivity (Wildman–Crippen MR) is 80.9 cm³/mol. The van der Waals surface area contributed by atoms with E-state index >= 15 is 0 Å². The van der Waals surface area contributed by atoms with E-state index < -0.39 is 5.41 Å². The summed E-state index contributed by atoms with van der Waals surface area (Å²) in [4.78, 5) is 11.9. The number of nitrogens with two attached hydrogens (primary N) is 1. The third-order valence-corrected chi connectivity index (χ3v) is 3.77. The Morgan fingerprint density at radius 2 is 2.00 bits per heavy atom. The van der Waals surface area contributed by atoms with E-state index in [9.17, 15) is 4.79 Å². The zero-order valence-electron chi connectivity index (χ0n) is 13.3. The van der Waals surface area contributed by atoms with E-state index in [0.717, 1.165) is 25.7 Å². The molecule has 0 aromatic heterocycles. The molecule has 0 aromatic rings. The highest BCUT2D eigenvalue weighted by molar-refractivity contribution is 5.77. The topological polar surface area (TPSA) is 52.3 Å². The minimum atomic E-state index is -0.480. The predicted octanol–water partition coefficient (Wildman–Crippen LogP) is 3.82. The van der Waals surface area contributed by atoms with Crippen molar-refractivity contribution in [2.24, 2.45) is 11.1 Å². The standard InChI is InChI=1S/C12H25NO2.C4H6/c1-5-8-9-12(6-2,10(4)13)11(14)15-7-3;1-4-2-3-4/h10H,5-9,13H2,1-4H3;2H,3H2,1H3. The first-order chi connectivity index (χ1) is 8.94. The molecular formula is C16H31NO2. The molecule has 2 N–H and O–H groups in total. The quantitative estimate of drug-likeness (QED) is 0.564. The highest BCUT2D eigenvalue weighted by atomic mass is 16.5. The molecule has 0 fully saturated rings. The molecule has 0 amide bonds. The fourth-order valence-electron chi connectivity index (χ4n) is 2.03. The van der Waals surface area contributed by atoms with Gasteiger partial charge in [-0.1, -0.05) is 38.3 Å². The normalized spacial score (nSPS) is 17.5. The number of carbonyl (C=O) groups is 1. The Hall–Kier alpha value is -0.830. The average Bonchev–Trinajstić information content (AvgIpc) is 3.14. The summed E-state index contributed by atoms with van der Waals surface area (Å²) in [6.07, 6.45) is 7.17. The molecule has 0 aliphatic heterocycles. The summed E-state index contributed by atoms with van der Waals surface area (Å²) in [5.41, 5.74) is 7.01. The van der Waals surface area contributed by atoms with Crippen LogP contribution in [0.3, 0.4) is 0 Å². The molecule has 3 nitrogen and oxygen atoms in total. The van der Waals surface area contributed by atoms with Crippen molar-refractivity contribution in [2.45, 2.75) is 72.8 Å². The Morgan fingerprint density at radius 1 is 1.47 bits per heavy atom. The first-order valence-electron chi connectivity index (χ1n) is 7.53. The van der Waals surface area contributed by atoms with Crippen molar-refractivity contribution >= 4 is 5.97 Å². The maximum Gasteiger partial charge on any atom is 0.313 e. The zero-order valence-corrected chi connectivity index (χ0v) is 13.3. The largest absolute Gasteiger partial charge is 0.466 e. The molecule has 0 bridgehead atoms. The van der Waals surface area contributed by atoms with Crippen LogP contribution in [0.4, 0.5) is 0 Å². The van der Waals surface area contributed by atoms with Gasteiger partial charge in [0.2, 0.25) is 0 Å². The number of hydrogen-bond acceptors (Lipinski definition) is 3. The lowest BCUT2D eigenvalue weighted by Crippen LogP contribution is -2.46. The lowest BCUT2D eigenvalue weighted by molar-refractivity contribution is -0.157. The van der Waals surface area contributed by atoms with Crippen molar-refractivity contribution in [1.82, 2.24) is 0 Å². The van der Waals surface area contributed by atoms with Crippen LogP contribution in [0, 0.1) is 5.41 Å². The molecule has 3 heteroatoms. The van der Waals surface area contributed by atoms with Crippen LogP contribution in [0.2, 0.25) is 0 Å². The van der Waals surface area contributed by atoms with Gasteiger partial charge in [-0.2, -0.15) is 0 Å². The van der Waals surface area contributed by atoms with Gasteiger partial charge in [0.05, 0.1) is 12.0 Å². The van der Waals surface area contributed by atoms with E-state index in [-0.39, 0.29) is 12.0 Å². The van der Waals surface area contributed by atoms with Gasteiger partial charge in [0.15, 0.2) is 0 Å². The molecule has 0 aromatic carbocycles. The number of ether oxygens (including phenoxy) is 1. The van der Waals surface area contributed by atoms with Gasteiger partial charge in [-0.25, -0.2) is 0 Å². The van der Waals surface area contributed by atoms with Crippen LogP contribution in [-0.2, 0) is 9.53 Å². The Kier molecular flexibility index (Phi) is 8.73. The van der Waals surface area contributed by atoms with Crippen molar-refractivity contribution in [1.29, 1.82) is 0 Å². The fourth-order valence-corrected chi connectivity index (χ4v) is 2.03. The maximum absolute atomic E-state index is 11.9. The lowest BCUT2D eigenvalue weighted by Gasteiger charge is -2.33. The second kappa shape index (κ2) is 9.13. The second-order valence-electron chi connectivity index (χ2n) is 5.38. The summed E-state index contributed by atoms with van der Waals surface area (Å²) in [6, 6.07) is -0.145. The summed E-state index contributed by atoms with van der Waals surface area (Å²) in [7, 11) is 0. The summed E-state index contributed by atoms with van der Waals surface area (Å²) in [5, 5.41) is 0. The number of hydrogen-bond donors (Lipinski definition) is 1. The summed E-state index contributed by atoms with van der Waals surface area (Å²) >= 11 is 0. The van der Waals surface area contributed by atoms with Crippen LogP contribution in [0.15, 0.2) is 11.6 Å². The number of carbonyl (C=O) groups excluding carboxylic acids is 1. The van der Waals surface area contributed by atoms with Crippen molar-refractivity contribution in [3.63, 3.8) is 0 Å². The van der Waals surface area contributed by atoms with Crippen LogP contribution in [0.1, 0.15) is 66.7 Å². The minimum Gasteiger partial charge on any atom is -0.466 e. The monoisotopic (exact) mass is 269 g/mol. The smallest absolute Gasteiger partial charge is 0.313 e. The zero-order chi connectivity index (χ0) is 14.9. The van der Waals surface area contributed by atoms with E-state index in [1.807, 2.05) is 20.8 Å². The first-order valence-corrected chi connectivity index (χ1v) is 7.53. The first kappa shape index (κ1) is 18.2. The molecule has 112 valence electrons. The fraction of sp³-hybridized carbons (Fsp3) is 0.812. The lowest BCUT2D eigenvalue weighted by atomic mass is 9.75. The molecule has 2 unspecified atom stereocenters. The van der Waals surface area contributed by atoms with Gasteiger partial charge in [-0.3, -0.25) is 4.79 Å². The Labute approximate surface area is 118 Å². The maximum atomic E-state index is 11.9. The molecular weight excluding hydrogens is 238 g/mol. The molecule has 1 rings (SSSR count). The molecule has 0 radical (unpaired) electrons. The highest BCUT2D eigenvalue weighted by Gasteiger charge is 2.40. The third kappa shape index (κ3) is 6.24. The molecule has 0 spiro atoms. The van der Waals surface area contributed by atoms with Gasteiger partial charge in [-0.15, -0.1) is 0 Å². The van der Waals surface area contributed by atoms with Crippen LogP contribution in [0.5, 0.6) is 0 Å². The van der Waals surface area contributed by atoms with Gasteiger partial charge in [-0.05, 0) is 40.0 Å². The summed E-state index contributed by atoms with van der Waals surface area (Å²) in [6.45, 7) is 10.4. The Balaban J connectivity index is 0.000000678. The van der Waals surface area contributed by atoms with Crippen LogP contribution in [0.25, 0.3) is 0 Å². The van der Waals surface area contributed by atoms with Gasteiger partial charge in [0, 0.05) is 6.04 Å². The molecule has 1 aliphatic rings. The summed E-state index contributed by atoms with van der Waals surface area (Å²) < 4.78 is 5.14. The van der Waals surface area contributed by atoms with Gasteiger partial charge >= 0.3 is 5.97 Å². The molecule has 0 saturated carbocycles. The van der Waals surface area contributed by atoms with E-state index in [0.29, 0.717) is 6.61 Å². The Morgan fingerprint density at radius 3 is 2.26 bits per heavy atom. The average molecular weight is 269 g/mol. The van der Waals surface area contributed by atoms with Gasteiger partial charge in [0.25, 0.3) is 0 Å². The van der Waals surface area contributed by atoms with Gasteiger partial charge in [0.1, 0.15) is 0 Å². The molecule has 1 aliphatic carbocycles. The Bertz CT molecular complexity index is 297. The molecule has 0 heterocycles. The molecule has 0 saturated heterocycles. The molecule has 19 heavy (non-hydrogen) atoms. The van der Waals surface area contributed by atoms with Crippen LogP contribution in [-0.4, -0.2) is 18.6 Å². The summed E-state index contributed by atoms with van der Waals surface area (Å²) in [5.74, 6) is -0.129. The van der Waals surface area contributed by atoms with Gasteiger partial charge < -0.3 is 10.5 Å². The van der Waals surface area contributed by atoms with E-state index in [1.165, 1.54) is 6.42 Å². The van der Waals surface area contributed by atoms with E-state index in [1.54, 1.807) is 5.57 Å². The van der Waals surface area contributed by atoms with Crippen molar-refractivity contribution in [2.75, 3.05) is 6.61 Å². The number of rotatable bonds is 7. The minimum absolute atomic E-state index is 0.129. The van der Waals surface area contributed by atoms with Crippen molar-refractivity contribution in [3.8, 4) is 0 Å². The van der Waals surface area contributed by atoms with Crippen molar-refractivity contribution < 1.29 is 9.53 Å². The number of allylic oxidation sites excluding steroid dienone is 2. The second-order valence-corrected chi connectivity index (χ2v) is 5.38. The van der Waals surface area contributed by atoms with E-state index in [2.05, 4.69) is 19.9 Å². The van der Waals surface area contributed by atoms with E-state index in [4.69, 9.17) is 10.5 Å². The number of unbranched alkanes of at least 4 members (excludes halogenated alkanes) is 1. The van der Waals surface area contributed by atoms with Crippen molar-refractivity contribution in [3.05, 3.63) is 11.6 Å². The highest BCUT2D eigenvalue weighted by Crippen LogP contribution is 2.33. The number of esters is 1. The SMILES string of the molecule is CC1=CC1.CCCCC(CC)(C(=O)OCC)C(C)N.